The second-order valence-electron chi connectivity index (χ2n) is 17.4. The summed E-state index contributed by atoms with van der Waals surface area (Å²) in [6.07, 6.45) is 0. The molecule has 3 heterocycles. The zero-order valence-electron chi connectivity index (χ0n) is 37.0. The van der Waals surface area contributed by atoms with Gasteiger partial charge in [-0.3, -0.25) is 0 Å². The molecule has 4 nitrogen and oxygen atoms in total. The Labute approximate surface area is 394 Å². The monoisotopic (exact) mass is 866 g/mol. The number of nitrogens with zero attached hydrogens (tertiary/aromatic N) is 4. The van der Waals surface area contributed by atoms with Crippen LogP contribution in [0.5, 0.6) is 0 Å². The Balaban J connectivity index is 0.891. The number of hydrogen-bond donors (Lipinski definition) is 0. The van der Waals surface area contributed by atoms with Crippen molar-refractivity contribution in [3.8, 4) is 78.7 Å². The maximum Gasteiger partial charge on any atom is 0.160 e. The minimum atomic E-state index is 0.686. The van der Waals surface area contributed by atoms with Gasteiger partial charge in [0.25, 0.3) is 0 Å². The largest absolute Gasteiger partial charge is 0.309 e. The van der Waals surface area contributed by atoms with Gasteiger partial charge in [-0.2, -0.15) is 0 Å². The number of rotatable bonds is 8. The number of para-hydroxylation sites is 2. The first-order valence-electron chi connectivity index (χ1n) is 23.1. The van der Waals surface area contributed by atoms with Gasteiger partial charge in [0, 0.05) is 49.6 Å². The van der Waals surface area contributed by atoms with Crippen LogP contribution in [0.15, 0.2) is 255 Å². The van der Waals surface area contributed by atoms with E-state index in [4.69, 9.17) is 9.97 Å². The zero-order valence-corrected chi connectivity index (χ0v) is 37.0. The highest BCUT2D eigenvalue weighted by Crippen LogP contribution is 2.40. The first-order valence-corrected chi connectivity index (χ1v) is 23.1. The van der Waals surface area contributed by atoms with Crippen molar-refractivity contribution in [3.63, 3.8) is 0 Å². The molecule has 0 saturated heterocycles. The molecule has 0 spiro atoms. The van der Waals surface area contributed by atoms with Crippen molar-refractivity contribution in [3.05, 3.63) is 255 Å². The van der Waals surface area contributed by atoms with Crippen molar-refractivity contribution >= 4 is 43.6 Å². The average Bonchev–Trinajstić information content (AvgIpc) is 3.93. The predicted octanol–water partition coefficient (Wildman–Crippen LogP) is 16.7. The molecule has 0 aliphatic carbocycles. The highest BCUT2D eigenvalue weighted by atomic mass is 15.0. The van der Waals surface area contributed by atoms with Crippen molar-refractivity contribution in [2.75, 3.05) is 0 Å². The lowest BCUT2D eigenvalue weighted by molar-refractivity contribution is 1.16. The molecule has 10 aromatic carbocycles. The highest BCUT2D eigenvalue weighted by Gasteiger charge is 2.19. The van der Waals surface area contributed by atoms with Crippen LogP contribution in [0.3, 0.4) is 0 Å². The van der Waals surface area contributed by atoms with Crippen LogP contribution in [0.25, 0.3) is 122 Å². The zero-order chi connectivity index (χ0) is 45.0. The van der Waals surface area contributed by atoms with Gasteiger partial charge >= 0.3 is 0 Å². The Bertz CT molecular complexity index is 3950. The summed E-state index contributed by atoms with van der Waals surface area (Å²) in [4.78, 5) is 10.4. The van der Waals surface area contributed by atoms with Crippen molar-refractivity contribution in [2.45, 2.75) is 0 Å². The highest BCUT2D eigenvalue weighted by molar-refractivity contribution is 6.19. The molecule has 0 unspecified atom stereocenters. The van der Waals surface area contributed by atoms with Crippen LogP contribution in [0.1, 0.15) is 0 Å². The standard InChI is InChI=1S/C64H42N4/c1-4-14-43(15-5-1)45-24-26-47(27-25-45)48-32-36-52(37-33-48)67-60-22-12-10-20-54(60)56-41-63-57(40-62(56)67)55-21-11-13-23-61(55)68(63)53-38-34-51(35-39-53)64-65-58(49-18-8-3-9-19-49)42-59(66-64)50-30-28-46(29-31-50)44-16-6-2-7-17-44/h1-42H. The Morgan fingerprint density at radius 3 is 0.956 bits per heavy atom. The molecule has 0 amide bonds. The van der Waals surface area contributed by atoms with Crippen molar-refractivity contribution in [2.24, 2.45) is 0 Å². The maximum absolute atomic E-state index is 5.20. The van der Waals surface area contributed by atoms with Gasteiger partial charge in [-0.05, 0) is 100 Å². The predicted molar refractivity (Wildman–Crippen MR) is 283 cm³/mol. The SMILES string of the molecule is c1ccc(-c2ccc(-c3ccc(-n4c5ccccc5c5cc6c(cc54)c4ccccc4n6-c4ccc(-c5nc(-c6ccccc6)cc(-c6ccc(-c7ccccc7)cc6)n5)cc4)cc3)cc2)cc1. The van der Waals surface area contributed by atoms with Crippen LogP contribution in [-0.2, 0) is 0 Å². The van der Waals surface area contributed by atoms with Crippen LogP contribution in [0.4, 0.5) is 0 Å². The molecule has 0 aliphatic rings. The second-order valence-corrected chi connectivity index (χ2v) is 17.4. The van der Waals surface area contributed by atoms with Crippen molar-refractivity contribution < 1.29 is 0 Å². The van der Waals surface area contributed by atoms with Gasteiger partial charge in [-0.25, -0.2) is 9.97 Å². The summed E-state index contributed by atoms with van der Waals surface area (Å²) in [5.74, 6) is 0.686. The molecule has 3 aromatic heterocycles. The van der Waals surface area contributed by atoms with E-state index in [0.29, 0.717) is 5.82 Å². The Hall–Kier alpha value is -9.12. The Morgan fingerprint density at radius 2 is 0.529 bits per heavy atom. The van der Waals surface area contributed by atoms with Crippen LogP contribution in [-0.4, -0.2) is 19.1 Å². The molecule has 0 atom stereocenters. The smallest absolute Gasteiger partial charge is 0.160 e. The third kappa shape index (κ3) is 6.86. The maximum atomic E-state index is 5.20. The van der Waals surface area contributed by atoms with Crippen LogP contribution in [0, 0.1) is 0 Å². The summed E-state index contributed by atoms with van der Waals surface area (Å²) >= 11 is 0. The number of aromatic nitrogens is 4. The van der Waals surface area contributed by atoms with Crippen LogP contribution < -0.4 is 0 Å². The lowest BCUT2D eigenvalue weighted by Gasteiger charge is -2.12. The molecular formula is C64H42N4. The molecule has 318 valence electrons. The molecule has 0 saturated carbocycles. The van der Waals surface area contributed by atoms with E-state index in [1.54, 1.807) is 0 Å². The van der Waals surface area contributed by atoms with E-state index in [2.05, 4.69) is 252 Å². The van der Waals surface area contributed by atoms with Gasteiger partial charge in [-0.1, -0.05) is 188 Å². The lowest BCUT2D eigenvalue weighted by atomic mass is 10.0. The molecule has 68 heavy (non-hydrogen) atoms. The fourth-order valence-electron chi connectivity index (χ4n) is 9.98. The van der Waals surface area contributed by atoms with Gasteiger partial charge in [-0.15, -0.1) is 0 Å². The number of fused-ring (bicyclic) bond motifs is 6. The normalized spacial score (nSPS) is 11.5. The van der Waals surface area contributed by atoms with E-state index >= 15 is 0 Å². The molecule has 4 heteroatoms. The molecule has 0 fully saturated rings. The lowest BCUT2D eigenvalue weighted by Crippen LogP contribution is -1.97. The van der Waals surface area contributed by atoms with E-state index in [9.17, 15) is 0 Å². The molecule has 0 bridgehead atoms. The summed E-state index contributed by atoms with van der Waals surface area (Å²) in [5.41, 5.74) is 18.9. The quantitative estimate of drug-likeness (QED) is 0.153. The van der Waals surface area contributed by atoms with Gasteiger partial charge < -0.3 is 9.13 Å². The Morgan fingerprint density at radius 1 is 0.221 bits per heavy atom. The third-order valence-corrected chi connectivity index (χ3v) is 13.4. The van der Waals surface area contributed by atoms with Gasteiger partial charge in [0.2, 0.25) is 0 Å². The van der Waals surface area contributed by atoms with Crippen molar-refractivity contribution in [1.29, 1.82) is 0 Å². The molecule has 13 aromatic rings. The topological polar surface area (TPSA) is 35.6 Å². The fourth-order valence-corrected chi connectivity index (χ4v) is 9.98. The van der Waals surface area contributed by atoms with Gasteiger partial charge in [0.05, 0.1) is 33.5 Å². The molecule has 0 aliphatic heterocycles. The molecular weight excluding hydrogens is 825 g/mol. The molecule has 0 N–H and O–H groups in total. The van der Waals surface area contributed by atoms with E-state index in [1.807, 2.05) is 12.1 Å². The summed E-state index contributed by atoms with van der Waals surface area (Å²) in [6.45, 7) is 0. The van der Waals surface area contributed by atoms with E-state index in [1.165, 1.54) is 66.0 Å². The van der Waals surface area contributed by atoms with Crippen LogP contribution >= 0.6 is 0 Å². The average molecular weight is 867 g/mol. The number of hydrogen-bond acceptors (Lipinski definition) is 2. The summed E-state index contributed by atoms with van der Waals surface area (Å²) in [7, 11) is 0. The second kappa shape index (κ2) is 16.4. The third-order valence-electron chi connectivity index (χ3n) is 13.4. The van der Waals surface area contributed by atoms with Crippen LogP contribution in [0.2, 0.25) is 0 Å². The van der Waals surface area contributed by atoms with E-state index in [0.717, 1.165) is 50.5 Å². The first kappa shape index (κ1) is 39.3. The van der Waals surface area contributed by atoms with Crippen molar-refractivity contribution in [1.82, 2.24) is 19.1 Å². The minimum Gasteiger partial charge on any atom is -0.309 e. The Kier molecular flexibility index (Phi) is 9.47. The molecule has 13 rings (SSSR count). The fraction of sp³-hybridized carbons (Fsp3) is 0. The molecule has 0 radical (unpaired) electrons. The van der Waals surface area contributed by atoms with Gasteiger partial charge in [0.15, 0.2) is 5.82 Å². The summed E-state index contributed by atoms with van der Waals surface area (Å²) in [5, 5.41) is 4.85. The summed E-state index contributed by atoms with van der Waals surface area (Å²) in [6, 6.07) is 91.1. The first-order chi connectivity index (χ1) is 33.7. The van der Waals surface area contributed by atoms with E-state index < -0.39 is 0 Å². The summed E-state index contributed by atoms with van der Waals surface area (Å²) < 4.78 is 4.82. The van der Waals surface area contributed by atoms with Gasteiger partial charge in [0.1, 0.15) is 0 Å². The van der Waals surface area contributed by atoms with E-state index in [-0.39, 0.29) is 0 Å². The number of benzene rings is 10. The minimum absolute atomic E-state index is 0.686.